The molecule has 0 spiro atoms. The van der Waals surface area contributed by atoms with E-state index in [2.05, 4.69) is 54.0 Å². The van der Waals surface area contributed by atoms with Crippen molar-refractivity contribution in [3.63, 3.8) is 0 Å². The van der Waals surface area contributed by atoms with Crippen LogP contribution in [-0.4, -0.2) is 24.4 Å². The van der Waals surface area contributed by atoms with E-state index in [0.29, 0.717) is 5.82 Å². The van der Waals surface area contributed by atoms with E-state index < -0.39 is 8.32 Å². The maximum atomic E-state index is 6.42. The average molecular weight is 378 g/mol. The van der Waals surface area contributed by atoms with Crippen LogP contribution in [0.2, 0.25) is 18.1 Å². The van der Waals surface area contributed by atoms with Crippen LogP contribution in [0.25, 0.3) is 5.69 Å². The Hall–Kier alpha value is -1.40. The average Bonchev–Trinajstić information content (AvgIpc) is 2.88. The number of aromatic nitrogens is 2. The van der Waals surface area contributed by atoms with Crippen LogP contribution in [0.5, 0.6) is 5.75 Å². The van der Waals surface area contributed by atoms with E-state index in [-0.39, 0.29) is 9.79 Å². The van der Waals surface area contributed by atoms with Gasteiger partial charge in [-0.2, -0.15) is 16.9 Å². The maximum absolute atomic E-state index is 6.42. The molecule has 1 heterocycles. The second-order valence-electron chi connectivity index (χ2n) is 8.44. The molecule has 0 saturated carbocycles. The smallest absolute Gasteiger partial charge is 0.250 e. The third-order valence-electron chi connectivity index (χ3n) is 5.11. The summed E-state index contributed by atoms with van der Waals surface area (Å²) in [6.45, 7) is 15.5. The van der Waals surface area contributed by atoms with Crippen molar-refractivity contribution in [3.05, 3.63) is 36.0 Å². The summed E-state index contributed by atoms with van der Waals surface area (Å²) in [5.41, 5.74) is 8.14. The molecule has 1 aromatic heterocycles. The Morgan fingerprint density at radius 2 is 1.76 bits per heavy atom. The van der Waals surface area contributed by atoms with Gasteiger partial charge in [-0.1, -0.05) is 26.8 Å². The van der Waals surface area contributed by atoms with Crippen molar-refractivity contribution in [2.24, 2.45) is 0 Å². The molecule has 0 aliphatic carbocycles. The molecule has 0 bridgehead atoms. The molecular formula is C19H31N3OSSi. The maximum Gasteiger partial charge on any atom is 0.250 e. The largest absolute Gasteiger partial charge is 0.543 e. The minimum absolute atomic E-state index is 0.0748. The Labute approximate surface area is 157 Å². The normalized spacial score (nSPS) is 13.1. The first-order valence-electron chi connectivity index (χ1n) is 8.58. The number of rotatable bonds is 5. The Balaban J connectivity index is 2.37. The summed E-state index contributed by atoms with van der Waals surface area (Å²) in [6.07, 6.45) is 2.09. The minimum Gasteiger partial charge on any atom is -0.543 e. The molecule has 0 fully saturated rings. The van der Waals surface area contributed by atoms with Gasteiger partial charge >= 0.3 is 0 Å². The lowest BCUT2D eigenvalue weighted by atomic mass is 10.1. The van der Waals surface area contributed by atoms with Gasteiger partial charge in [-0.05, 0) is 50.4 Å². The first-order chi connectivity index (χ1) is 11.4. The van der Waals surface area contributed by atoms with Gasteiger partial charge in [0, 0.05) is 12.1 Å². The monoisotopic (exact) mass is 377 g/mol. The zero-order chi connectivity index (χ0) is 19.0. The van der Waals surface area contributed by atoms with Gasteiger partial charge in [-0.25, -0.2) is 4.68 Å². The molecule has 0 atom stereocenters. The fourth-order valence-corrected chi connectivity index (χ4v) is 3.46. The Morgan fingerprint density at radius 3 is 2.32 bits per heavy atom. The number of nitrogens with zero attached hydrogens (tertiary/aromatic N) is 2. The van der Waals surface area contributed by atoms with E-state index in [0.717, 1.165) is 17.1 Å². The van der Waals surface area contributed by atoms with E-state index in [1.54, 1.807) is 16.4 Å². The SMILES string of the molecule is CSC(C)(C)c1cc(N)n(-c2cccc(O[Si](C)(C)C(C)(C)C)c2)n1. The van der Waals surface area contributed by atoms with E-state index in [1.807, 2.05) is 30.3 Å². The Morgan fingerprint density at radius 1 is 1.12 bits per heavy atom. The highest BCUT2D eigenvalue weighted by Gasteiger charge is 2.39. The second kappa shape index (κ2) is 6.72. The number of thioether (sulfide) groups is 1. The Bertz CT molecular complexity index is 747. The first-order valence-corrected chi connectivity index (χ1v) is 12.7. The zero-order valence-electron chi connectivity index (χ0n) is 16.7. The van der Waals surface area contributed by atoms with E-state index in [4.69, 9.17) is 15.3 Å². The quantitative estimate of drug-likeness (QED) is 0.705. The summed E-state index contributed by atoms with van der Waals surface area (Å²) >= 11 is 1.76. The fraction of sp³-hybridized carbons (Fsp3) is 0.526. The molecule has 1 aromatic carbocycles. The zero-order valence-corrected chi connectivity index (χ0v) is 18.5. The standard InChI is InChI=1S/C19H31N3OSSi/c1-18(2,3)25(7,8)23-15-11-9-10-14(12-15)22-17(20)13-16(21-22)19(4,5)24-6/h9-13H,20H2,1-8H3. The molecule has 0 aliphatic heterocycles. The predicted molar refractivity (Wildman–Crippen MR) is 112 cm³/mol. The molecule has 6 heteroatoms. The van der Waals surface area contributed by atoms with Crippen LogP contribution in [0.4, 0.5) is 5.82 Å². The van der Waals surface area contributed by atoms with Gasteiger partial charge in [0.2, 0.25) is 8.32 Å². The fourth-order valence-electron chi connectivity index (χ4n) is 2.13. The second-order valence-corrected chi connectivity index (χ2v) is 14.6. The van der Waals surface area contributed by atoms with E-state index in [9.17, 15) is 0 Å². The van der Waals surface area contributed by atoms with Crippen LogP contribution >= 0.6 is 11.8 Å². The lowest BCUT2D eigenvalue weighted by Crippen LogP contribution is -2.43. The molecule has 25 heavy (non-hydrogen) atoms. The number of benzene rings is 1. The molecule has 138 valence electrons. The molecule has 0 radical (unpaired) electrons. The highest BCUT2D eigenvalue weighted by Crippen LogP contribution is 2.38. The van der Waals surface area contributed by atoms with Crippen LogP contribution in [0.1, 0.15) is 40.3 Å². The minimum atomic E-state index is -1.88. The molecule has 2 N–H and O–H groups in total. The molecule has 2 rings (SSSR count). The van der Waals surface area contributed by atoms with Crippen molar-refractivity contribution >= 4 is 25.9 Å². The van der Waals surface area contributed by atoms with Gasteiger partial charge in [0.1, 0.15) is 11.6 Å². The van der Waals surface area contributed by atoms with Crippen molar-refractivity contribution < 1.29 is 4.43 Å². The van der Waals surface area contributed by atoms with Crippen molar-refractivity contribution in [1.29, 1.82) is 0 Å². The highest BCUT2D eigenvalue weighted by atomic mass is 32.2. The highest BCUT2D eigenvalue weighted by molar-refractivity contribution is 7.99. The van der Waals surface area contributed by atoms with E-state index >= 15 is 0 Å². The van der Waals surface area contributed by atoms with Crippen LogP contribution in [0.3, 0.4) is 0 Å². The Kier molecular flexibility index (Phi) is 5.36. The number of hydrogen-bond donors (Lipinski definition) is 1. The number of hydrogen-bond acceptors (Lipinski definition) is 4. The third-order valence-corrected chi connectivity index (χ3v) is 10.7. The van der Waals surface area contributed by atoms with Crippen LogP contribution in [0.15, 0.2) is 30.3 Å². The summed E-state index contributed by atoms with van der Waals surface area (Å²) in [7, 11) is -1.88. The molecule has 0 amide bonds. The topological polar surface area (TPSA) is 53.1 Å². The van der Waals surface area contributed by atoms with Crippen LogP contribution in [0, 0.1) is 0 Å². The van der Waals surface area contributed by atoms with Crippen molar-refractivity contribution in [2.75, 3.05) is 12.0 Å². The molecular weight excluding hydrogens is 346 g/mol. The lowest BCUT2D eigenvalue weighted by Gasteiger charge is -2.36. The van der Waals surface area contributed by atoms with Gasteiger partial charge in [-0.3, -0.25) is 0 Å². The number of nitrogens with two attached hydrogens (primary N) is 1. The summed E-state index contributed by atoms with van der Waals surface area (Å²) in [6, 6.07) is 10.0. The molecule has 0 saturated heterocycles. The summed E-state index contributed by atoms with van der Waals surface area (Å²) in [5.74, 6) is 1.52. The lowest BCUT2D eigenvalue weighted by molar-refractivity contribution is 0.492. The van der Waals surface area contributed by atoms with Crippen molar-refractivity contribution in [2.45, 2.75) is 57.5 Å². The molecule has 4 nitrogen and oxygen atoms in total. The summed E-state index contributed by atoms with van der Waals surface area (Å²) in [4.78, 5) is 0. The van der Waals surface area contributed by atoms with Crippen LogP contribution < -0.4 is 10.2 Å². The summed E-state index contributed by atoms with van der Waals surface area (Å²) < 4.78 is 8.14. The molecule has 2 aromatic rings. The third kappa shape index (κ3) is 4.23. The molecule has 0 unspecified atom stereocenters. The van der Waals surface area contributed by atoms with E-state index in [1.165, 1.54) is 0 Å². The van der Waals surface area contributed by atoms with Gasteiger partial charge in [0.25, 0.3) is 0 Å². The number of anilines is 1. The van der Waals surface area contributed by atoms with Gasteiger partial charge in [0.15, 0.2) is 0 Å². The molecule has 0 aliphatic rings. The predicted octanol–water partition coefficient (Wildman–Crippen LogP) is 5.44. The van der Waals surface area contributed by atoms with Crippen LogP contribution in [-0.2, 0) is 4.75 Å². The van der Waals surface area contributed by atoms with Gasteiger partial charge < -0.3 is 10.2 Å². The number of nitrogen functional groups attached to an aromatic ring is 1. The summed E-state index contributed by atoms with van der Waals surface area (Å²) in [5, 5.41) is 4.89. The van der Waals surface area contributed by atoms with Crippen molar-refractivity contribution in [3.8, 4) is 11.4 Å². The van der Waals surface area contributed by atoms with Gasteiger partial charge in [0.05, 0.1) is 16.1 Å². The first kappa shape index (κ1) is 19.9. The van der Waals surface area contributed by atoms with Gasteiger partial charge in [-0.15, -0.1) is 0 Å². The van der Waals surface area contributed by atoms with Crippen molar-refractivity contribution in [1.82, 2.24) is 9.78 Å².